The molecule has 7 rings (SSSR count). The number of aryl methyl sites for hydroxylation is 1. The Morgan fingerprint density at radius 3 is 2.40 bits per heavy atom. The highest BCUT2D eigenvalue weighted by molar-refractivity contribution is 6.09. The number of pyridine rings is 1. The lowest BCUT2D eigenvalue weighted by Crippen LogP contribution is -1.99. The molecule has 0 fully saturated rings. The Kier molecular flexibility index (Phi) is 6.07. The SMILES string of the molecule is [2H]c1ccnc(-n2c3ccc(C(C)C)cc3c3ccc(Oc4cccc(-n5nc(C)c(-c6ccccc6)c5C)c4)cc32)c1. The quantitative estimate of drug-likeness (QED) is 0.207. The van der Waals surface area contributed by atoms with Crippen LogP contribution in [0.25, 0.3) is 44.4 Å². The molecule has 0 amide bonds. The zero-order chi connectivity index (χ0) is 29.7. The summed E-state index contributed by atoms with van der Waals surface area (Å²) in [4.78, 5) is 4.63. The fourth-order valence-electron chi connectivity index (χ4n) is 5.86. The van der Waals surface area contributed by atoms with E-state index < -0.39 is 0 Å². The van der Waals surface area contributed by atoms with E-state index in [4.69, 9.17) is 11.2 Å². The van der Waals surface area contributed by atoms with Crippen molar-refractivity contribution in [2.24, 2.45) is 0 Å². The fraction of sp³-hybridized carbons (Fsp3) is 0.135. The molecule has 0 spiro atoms. The monoisotopic (exact) mass is 549 g/mol. The Bertz CT molecular complexity index is 2120. The van der Waals surface area contributed by atoms with Crippen LogP contribution in [0.4, 0.5) is 0 Å². The Balaban J connectivity index is 1.30. The summed E-state index contributed by atoms with van der Waals surface area (Å²) < 4.78 is 18.8. The summed E-state index contributed by atoms with van der Waals surface area (Å²) in [5.74, 6) is 2.57. The first-order valence-corrected chi connectivity index (χ1v) is 14.3. The lowest BCUT2D eigenvalue weighted by atomic mass is 10.0. The lowest BCUT2D eigenvalue weighted by molar-refractivity contribution is 0.483. The van der Waals surface area contributed by atoms with Crippen molar-refractivity contribution in [3.63, 3.8) is 0 Å². The molecular weight excluding hydrogens is 516 g/mol. The van der Waals surface area contributed by atoms with Crippen LogP contribution in [-0.2, 0) is 0 Å². The number of ether oxygens (including phenoxy) is 1. The third-order valence-electron chi connectivity index (χ3n) is 7.90. The molecule has 5 nitrogen and oxygen atoms in total. The van der Waals surface area contributed by atoms with Crippen LogP contribution in [-0.4, -0.2) is 19.3 Å². The molecule has 4 aromatic carbocycles. The third kappa shape index (κ3) is 4.44. The molecule has 0 radical (unpaired) electrons. The van der Waals surface area contributed by atoms with Crippen molar-refractivity contribution in [3.05, 3.63) is 132 Å². The van der Waals surface area contributed by atoms with Crippen LogP contribution in [0.1, 0.15) is 38.1 Å². The van der Waals surface area contributed by atoms with E-state index in [1.807, 2.05) is 41.1 Å². The molecule has 3 aromatic heterocycles. The molecule has 5 heteroatoms. The van der Waals surface area contributed by atoms with Gasteiger partial charge in [0.1, 0.15) is 17.3 Å². The summed E-state index contributed by atoms with van der Waals surface area (Å²) >= 11 is 0. The molecule has 0 aliphatic heterocycles. The van der Waals surface area contributed by atoms with Crippen LogP contribution in [0.2, 0.25) is 0 Å². The Labute approximate surface area is 247 Å². The highest BCUT2D eigenvalue weighted by Crippen LogP contribution is 2.37. The molecule has 0 unspecified atom stereocenters. The summed E-state index contributed by atoms with van der Waals surface area (Å²) in [6.45, 7) is 8.57. The number of nitrogens with zero attached hydrogens (tertiary/aromatic N) is 4. The van der Waals surface area contributed by atoms with Gasteiger partial charge in [0.25, 0.3) is 0 Å². The largest absolute Gasteiger partial charge is 0.457 e. The van der Waals surface area contributed by atoms with Gasteiger partial charge in [-0.25, -0.2) is 9.67 Å². The number of hydrogen-bond donors (Lipinski definition) is 0. The van der Waals surface area contributed by atoms with Gasteiger partial charge in [-0.2, -0.15) is 5.10 Å². The molecule has 7 aromatic rings. The second-order valence-corrected chi connectivity index (χ2v) is 11.0. The van der Waals surface area contributed by atoms with Crippen molar-refractivity contribution < 1.29 is 6.11 Å². The summed E-state index contributed by atoms with van der Waals surface area (Å²) in [5, 5.41) is 7.15. The average molecular weight is 550 g/mol. The van der Waals surface area contributed by atoms with E-state index in [9.17, 15) is 0 Å². The maximum atomic E-state index is 8.22. The van der Waals surface area contributed by atoms with Gasteiger partial charge in [0.05, 0.1) is 23.8 Å². The molecule has 206 valence electrons. The maximum Gasteiger partial charge on any atom is 0.137 e. The lowest BCUT2D eigenvalue weighted by Gasteiger charge is -2.11. The minimum atomic E-state index is 0.415. The smallest absolute Gasteiger partial charge is 0.137 e. The number of benzene rings is 4. The average Bonchev–Trinajstić information content (AvgIpc) is 3.49. The summed E-state index contributed by atoms with van der Waals surface area (Å²) in [5.41, 5.74) is 8.63. The van der Waals surface area contributed by atoms with E-state index in [1.165, 1.54) is 5.56 Å². The Morgan fingerprint density at radius 2 is 1.60 bits per heavy atom. The van der Waals surface area contributed by atoms with E-state index >= 15 is 0 Å². The topological polar surface area (TPSA) is 44.9 Å². The first kappa shape index (κ1) is 24.6. The van der Waals surface area contributed by atoms with E-state index in [0.29, 0.717) is 17.8 Å². The third-order valence-corrected chi connectivity index (χ3v) is 7.90. The van der Waals surface area contributed by atoms with Gasteiger partial charge in [-0.05, 0) is 79.4 Å². The molecular formula is C37H32N4O. The van der Waals surface area contributed by atoms with Crippen LogP contribution in [0.5, 0.6) is 11.5 Å². The number of aromatic nitrogens is 4. The highest BCUT2D eigenvalue weighted by Gasteiger charge is 2.17. The predicted molar refractivity (Wildman–Crippen MR) is 171 cm³/mol. The molecule has 0 atom stereocenters. The van der Waals surface area contributed by atoms with Crippen LogP contribution >= 0.6 is 0 Å². The standard InChI is InChI=1S/C37H32N4O/c1-24(2)28-16-19-34-33(21-28)32-18-17-31(23-35(32)40(34)36-15-8-9-20-38-36)42-30-14-10-13-29(22-30)41-26(4)37(25(3)39-41)27-11-6-5-7-12-27/h5-24H,1-4H3/i8D. The fourth-order valence-corrected chi connectivity index (χ4v) is 5.86. The van der Waals surface area contributed by atoms with Crippen molar-refractivity contribution in [1.29, 1.82) is 0 Å². The summed E-state index contributed by atoms with van der Waals surface area (Å²) in [6, 6.07) is 35.1. The van der Waals surface area contributed by atoms with E-state index in [0.717, 1.165) is 61.5 Å². The van der Waals surface area contributed by atoms with Gasteiger partial charge in [0.2, 0.25) is 0 Å². The Morgan fingerprint density at radius 1 is 0.762 bits per heavy atom. The second-order valence-electron chi connectivity index (χ2n) is 11.0. The van der Waals surface area contributed by atoms with Crippen molar-refractivity contribution in [1.82, 2.24) is 19.3 Å². The minimum absolute atomic E-state index is 0.415. The molecule has 3 heterocycles. The van der Waals surface area contributed by atoms with E-state index in [-0.39, 0.29) is 0 Å². The summed E-state index contributed by atoms with van der Waals surface area (Å²) in [7, 11) is 0. The zero-order valence-electron chi connectivity index (χ0n) is 25.2. The van der Waals surface area contributed by atoms with Gasteiger partial charge in [-0.3, -0.25) is 4.57 Å². The summed E-state index contributed by atoms with van der Waals surface area (Å²) in [6.07, 6.45) is 1.69. The Hall–Kier alpha value is -5.16. The molecule has 0 aliphatic rings. The van der Waals surface area contributed by atoms with E-state index in [2.05, 4.69) is 91.8 Å². The van der Waals surface area contributed by atoms with Crippen molar-refractivity contribution >= 4 is 21.8 Å². The van der Waals surface area contributed by atoms with Crippen molar-refractivity contribution in [2.75, 3.05) is 0 Å². The molecule has 0 N–H and O–H groups in total. The van der Waals surface area contributed by atoms with Crippen LogP contribution in [0, 0.1) is 13.8 Å². The van der Waals surface area contributed by atoms with Crippen LogP contribution in [0.15, 0.2) is 115 Å². The van der Waals surface area contributed by atoms with Gasteiger partial charge >= 0.3 is 0 Å². The normalized spacial score (nSPS) is 11.9. The maximum absolute atomic E-state index is 8.22. The van der Waals surface area contributed by atoms with Gasteiger partial charge in [0, 0.05) is 40.4 Å². The van der Waals surface area contributed by atoms with Gasteiger partial charge < -0.3 is 4.74 Å². The van der Waals surface area contributed by atoms with E-state index in [1.54, 1.807) is 18.3 Å². The number of rotatable bonds is 6. The van der Waals surface area contributed by atoms with Crippen molar-refractivity contribution in [2.45, 2.75) is 33.6 Å². The predicted octanol–water partition coefficient (Wildman–Crippen LogP) is 9.56. The number of hydrogen-bond acceptors (Lipinski definition) is 3. The van der Waals surface area contributed by atoms with Gasteiger partial charge in [-0.1, -0.05) is 62.4 Å². The second kappa shape index (κ2) is 10.3. The van der Waals surface area contributed by atoms with Gasteiger partial charge in [0.15, 0.2) is 0 Å². The number of fused-ring (bicyclic) bond motifs is 3. The zero-order valence-corrected chi connectivity index (χ0v) is 24.2. The molecule has 0 aliphatic carbocycles. The van der Waals surface area contributed by atoms with Crippen molar-refractivity contribution in [3.8, 4) is 34.1 Å². The highest BCUT2D eigenvalue weighted by atomic mass is 16.5. The van der Waals surface area contributed by atoms with Crippen LogP contribution < -0.4 is 4.74 Å². The first-order chi connectivity index (χ1) is 20.9. The van der Waals surface area contributed by atoms with Gasteiger partial charge in [-0.15, -0.1) is 0 Å². The molecule has 0 saturated heterocycles. The molecule has 0 saturated carbocycles. The first-order valence-electron chi connectivity index (χ1n) is 14.8. The molecule has 42 heavy (non-hydrogen) atoms. The minimum Gasteiger partial charge on any atom is -0.457 e. The van der Waals surface area contributed by atoms with Crippen LogP contribution in [0.3, 0.4) is 0 Å². The molecule has 0 bridgehead atoms.